The van der Waals surface area contributed by atoms with Crippen LogP contribution in [0.25, 0.3) is 0 Å². The van der Waals surface area contributed by atoms with Crippen LogP contribution in [0, 0.1) is 27.6 Å². The Labute approximate surface area is 224 Å². The van der Waals surface area contributed by atoms with Crippen LogP contribution in [0.15, 0.2) is 18.5 Å². The molecule has 0 aliphatic heterocycles. The number of nitrogens with zero attached hydrogens (tertiary/aromatic N) is 3. The summed E-state index contributed by atoms with van der Waals surface area (Å²) in [6, 6.07) is 4.41. The van der Waals surface area contributed by atoms with Crippen LogP contribution in [0.4, 0.5) is 0 Å². The molecule has 0 N–H and O–H groups in total. The van der Waals surface area contributed by atoms with E-state index in [1.807, 2.05) is 18.1 Å². The minimum absolute atomic E-state index is 0.401. The lowest BCUT2D eigenvalue weighted by atomic mass is 9.40. The Morgan fingerprint density at radius 3 is 1.86 bits per heavy atom. The summed E-state index contributed by atoms with van der Waals surface area (Å²) in [7, 11) is 0. The maximum atomic E-state index is 9.02. The van der Waals surface area contributed by atoms with Gasteiger partial charge >= 0.3 is 0 Å². The van der Waals surface area contributed by atoms with Gasteiger partial charge in [0.15, 0.2) is 0 Å². The van der Waals surface area contributed by atoms with Crippen LogP contribution < -0.4 is 0 Å². The third kappa shape index (κ3) is 7.51. The van der Waals surface area contributed by atoms with Gasteiger partial charge in [0.25, 0.3) is 0 Å². The molecule has 2 atom stereocenters. The van der Waals surface area contributed by atoms with Gasteiger partial charge in [-0.3, -0.25) is 4.68 Å². The molecule has 5 rings (SSSR count). The SMILES string of the molecule is CC12CC3(C)CC(Br)(C1)CC(Cn1cccn1)(C2)C3.CCCCP(=CC#N)(CCCC)CCCC. The molecule has 4 bridgehead atoms. The number of nitriles is 1. The highest BCUT2D eigenvalue weighted by atomic mass is 79.9. The van der Waals surface area contributed by atoms with Crippen LogP contribution in [0.5, 0.6) is 0 Å². The van der Waals surface area contributed by atoms with Crippen molar-refractivity contribution < 1.29 is 0 Å². The summed E-state index contributed by atoms with van der Waals surface area (Å²) in [6.45, 7) is 11.9. The summed E-state index contributed by atoms with van der Waals surface area (Å²) in [5, 5.41) is 13.5. The standard InChI is InChI=1S/C16H23BrN2.C14H28NP/c1-13-6-14(2)8-15(7-13,11-16(17,9-13)10-14)12-19-5-3-4-18-19;1-4-7-11-16(14-10-15,12-8-5-2)13-9-6-3/h3-5H,6-12H2,1-2H3;14H,4-9,11-13H2,1-3H3. The summed E-state index contributed by atoms with van der Waals surface area (Å²) >= 11 is 4.14. The van der Waals surface area contributed by atoms with Crippen molar-refractivity contribution in [3.63, 3.8) is 0 Å². The molecule has 0 radical (unpaired) electrons. The Morgan fingerprint density at radius 1 is 0.914 bits per heavy atom. The van der Waals surface area contributed by atoms with E-state index in [0.717, 1.165) is 6.54 Å². The largest absolute Gasteiger partial charge is 0.272 e. The van der Waals surface area contributed by atoms with E-state index in [-0.39, 0.29) is 0 Å². The second-order valence-electron chi connectivity index (χ2n) is 13.2. The Bertz CT molecular complexity index is 817. The zero-order chi connectivity index (χ0) is 25.6. The molecule has 0 saturated heterocycles. The summed E-state index contributed by atoms with van der Waals surface area (Å²) < 4.78 is 2.56. The fraction of sp³-hybridized carbons (Fsp3) is 0.833. The highest BCUT2D eigenvalue weighted by Gasteiger charge is 2.64. The fourth-order valence-electron chi connectivity index (χ4n) is 8.77. The molecule has 0 aromatic carbocycles. The first kappa shape index (κ1) is 29.0. The zero-order valence-corrected chi connectivity index (χ0v) is 25.8. The van der Waals surface area contributed by atoms with Crippen molar-refractivity contribution in [2.45, 2.75) is 123 Å². The molecule has 3 nitrogen and oxygen atoms in total. The summed E-state index contributed by atoms with van der Waals surface area (Å²) in [5.41, 5.74) is 1.55. The number of hydrogen-bond acceptors (Lipinski definition) is 2. The van der Waals surface area contributed by atoms with E-state index in [0.29, 0.717) is 20.6 Å². The molecular weight excluding hydrogens is 513 g/mol. The normalized spacial score (nSPS) is 33.2. The van der Waals surface area contributed by atoms with Gasteiger partial charge < -0.3 is 0 Å². The second kappa shape index (κ2) is 11.9. The maximum absolute atomic E-state index is 9.02. The van der Waals surface area contributed by atoms with Crippen molar-refractivity contribution in [1.29, 1.82) is 5.26 Å². The highest BCUT2D eigenvalue weighted by molar-refractivity contribution is 9.10. The predicted molar refractivity (Wildman–Crippen MR) is 158 cm³/mol. The van der Waals surface area contributed by atoms with E-state index in [1.54, 1.807) is 0 Å². The van der Waals surface area contributed by atoms with Gasteiger partial charge in [0.05, 0.1) is 6.07 Å². The predicted octanol–water partition coefficient (Wildman–Crippen LogP) is 9.13. The molecule has 4 saturated carbocycles. The molecule has 1 aromatic heterocycles. The molecule has 4 aliphatic carbocycles. The number of unbranched alkanes of at least 4 members (excludes halogenated alkanes) is 3. The smallest absolute Gasteiger partial charge is 0.0913 e. The number of hydrogen-bond donors (Lipinski definition) is 0. The van der Waals surface area contributed by atoms with Crippen LogP contribution in [-0.4, -0.2) is 38.4 Å². The lowest BCUT2D eigenvalue weighted by Crippen LogP contribution is -2.61. The molecule has 4 fully saturated rings. The molecule has 35 heavy (non-hydrogen) atoms. The van der Waals surface area contributed by atoms with E-state index < -0.39 is 6.89 Å². The van der Waals surface area contributed by atoms with Gasteiger partial charge in [0, 0.05) is 29.1 Å². The van der Waals surface area contributed by atoms with Gasteiger partial charge in [0.1, 0.15) is 0 Å². The van der Waals surface area contributed by atoms with Gasteiger partial charge in [-0.1, -0.05) is 76.7 Å². The van der Waals surface area contributed by atoms with E-state index in [9.17, 15) is 0 Å². The van der Waals surface area contributed by atoms with Crippen molar-refractivity contribution in [2.24, 2.45) is 16.2 Å². The van der Waals surface area contributed by atoms with E-state index >= 15 is 0 Å². The summed E-state index contributed by atoms with van der Waals surface area (Å²) in [4.78, 5) is 0. The third-order valence-corrected chi connectivity index (χ3v) is 14.0. The van der Waals surface area contributed by atoms with Crippen LogP contribution in [0.2, 0.25) is 0 Å². The number of rotatable bonds is 11. The van der Waals surface area contributed by atoms with Gasteiger partial charge in [-0.2, -0.15) is 10.4 Å². The average molecular weight is 565 g/mol. The molecule has 0 amide bonds. The van der Waals surface area contributed by atoms with E-state index in [1.165, 1.54) is 95.5 Å². The van der Waals surface area contributed by atoms with Gasteiger partial charge in [-0.05, 0) is 98.6 Å². The molecule has 1 heterocycles. The van der Waals surface area contributed by atoms with Crippen LogP contribution >= 0.6 is 22.8 Å². The Morgan fingerprint density at radius 2 is 1.46 bits per heavy atom. The number of aromatic nitrogens is 2. The molecule has 4 aliphatic rings. The lowest BCUT2D eigenvalue weighted by molar-refractivity contribution is -0.137. The Hall–Kier alpha value is -0.520. The quantitative estimate of drug-likeness (QED) is 0.199. The molecule has 5 heteroatoms. The first-order chi connectivity index (χ1) is 16.6. The maximum Gasteiger partial charge on any atom is 0.0913 e. The van der Waals surface area contributed by atoms with Gasteiger partial charge in [0.2, 0.25) is 0 Å². The van der Waals surface area contributed by atoms with E-state index in [2.05, 4.69) is 72.6 Å². The first-order valence-corrected chi connectivity index (χ1v) is 17.5. The van der Waals surface area contributed by atoms with Crippen LogP contribution in [0.1, 0.15) is 112 Å². The van der Waals surface area contributed by atoms with Crippen molar-refractivity contribution in [3.8, 4) is 6.07 Å². The lowest BCUT2D eigenvalue weighted by Gasteiger charge is -2.68. The van der Waals surface area contributed by atoms with Gasteiger partial charge in [-0.25, -0.2) is 0 Å². The van der Waals surface area contributed by atoms with Crippen molar-refractivity contribution >= 4 is 28.6 Å². The fourth-order valence-corrected chi connectivity index (χ4v) is 14.9. The van der Waals surface area contributed by atoms with Crippen molar-refractivity contribution in [3.05, 3.63) is 18.5 Å². The number of halogens is 1. The topological polar surface area (TPSA) is 41.6 Å². The third-order valence-electron chi connectivity index (χ3n) is 8.90. The van der Waals surface area contributed by atoms with E-state index in [4.69, 9.17) is 5.26 Å². The Balaban J connectivity index is 0.000000200. The second-order valence-corrected chi connectivity index (χ2v) is 19.0. The average Bonchev–Trinajstić information content (AvgIpc) is 3.24. The molecule has 2 unspecified atom stereocenters. The molecule has 198 valence electrons. The zero-order valence-electron chi connectivity index (χ0n) is 23.3. The number of alkyl halides is 1. The van der Waals surface area contributed by atoms with Crippen molar-refractivity contribution in [2.75, 3.05) is 18.5 Å². The molecule has 1 aromatic rings. The first-order valence-electron chi connectivity index (χ1n) is 14.3. The Kier molecular flexibility index (Phi) is 9.87. The monoisotopic (exact) mass is 563 g/mol. The minimum atomic E-state index is -1.03. The minimum Gasteiger partial charge on any atom is -0.272 e. The van der Waals surface area contributed by atoms with Crippen LogP contribution in [-0.2, 0) is 6.54 Å². The summed E-state index contributed by atoms with van der Waals surface area (Å²) in [6.07, 6.45) is 24.0. The van der Waals surface area contributed by atoms with Crippen molar-refractivity contribution in [1.82, 2.24) is 9.78 Å². The highest BCUT2D eigenvalue weighted by Crippen LogP contribution is 2.73. The molecule has 0 spiro atoms. The molecular formula is C30H51BrN3P. The van der Waals surface area contributed by atoms with Gasteiger partial charge in [-0.15, -0.1) is 0 Å². The summed E-state index contributed by atoms with van der Waals surface area (Å²) in [5.74, 6) is 2.05. The van der Waals surface area contributed by atoms with Crippen LogP contribution in [0.3, 0.4) is 0 Å².